The molecule has 0 saturated carbocycles. The van der Waals surface area contributed by atoms with Gasteiger partial charge in [-0.25, -0.2) is 4.68 Å². The van der Waals surface area contributed by atoms with Crippen LogP contribution in [0.25, 0.3) is 16.8 Å². The highest BCUT2D eigenvalue weighted by atomic mass is 35.5. The molecule has 0 fully saturated rings. The van der Waals surface area contributed by atoms with Gasteiger partial charge in [0.25, 0.3) is 0 Å². The molecule has 0 aliphatic rings. The molecule has 1 N–H and O–H groups in total. The van der Waals surface area contributed by atoms with Crippen LogP contribution in [0.3, 0.4) is 0 Å². The van der Waals surface area contributed by atoms with Gasteiger partial charge in [0, 0.05) is 22.3 Å². The second-order valence-electron chi connectivity index (χ2n) is 4.48. The maximum atomic E-state index is 9.16. The first-order valence-corrected chi connectivity index (χ1v) is 6.65. The Balaban J connectivity index is 2.16. The Bertz CT molecular complexity index is 722. The SMILES string of the molecule is OCc1cnn(-c2cc(Cl)ccc2-c2ccccc2)c1. The number of aromatic nitrogens is 2. The zero-order chi connectivity index (χ0) is 13.9. The first-order chi connectivity index (χ1) is 9.78. The van der Waals surface area contributed by atoms with Gasteiger partial charge in [-0.3, -0.25) is 0 Å². The van der Waals surface area contributed by atoms with E-state index in [9.17, 15) is 0 Å². The topological polar surface area (TPSA) is 38.1 Å². The average Bonchev–Trinajstić information content (AvgIpc) is 2.97. The molecule has 0 spiro atoms. The molecular weight excluding hydrogens is 272 g/mol. The van der Waals surface area contributed by atoms with Crippen molar-refractivity contribution in [3.05, 3.63) is 71.5 Å². The fourth-order valence-electron chi connectivity index (χ4n) is 2.13. The third-order valence-corrected chi connectivity index (χ3v) is 3.35. The molecule has 20 heavy (non-hydrogen) atoms. The van der Waals surface area contributed by atoms with Gasteiger partial charge in [-0.2, -0.15) is 5.10 Å². The maximum absolute atomic E-state index is 9.16. The number of halogens is 1. The van der Waals surface area contributed by atoms with Gasteiger partial charge in [-0.15, -0.1) is 0 Å². The number of benzene rings is 2. The van der Waals surface area contributed by atoms with Gasteiger partial charge >= 0.3 is 0 Å². The van der Waals surface area contributed by atoms with Gasteiger partial charge in [0.2, 0.25) is 0 Å². The summed E-state index contributed by atoms with van der Waals surface area (Å²) in [5, 5.41) is 14.1. The highest BCUT2D eigenvalue weighted by Crippen LogP contribution is 2.29. The van der Waals surface area contributed by atoms with E-state index in [-0.39, 0.29) is 6.61 Å². The molecule has 0 radical (unpaired) electrons. The molecule has 0 aliphatic carbocycles. The average molecular weight is 285 g/mol. The van der Waals surface area contributed by atoms with Crippen molar-refractivity contribution in [3.8, 4) is 16.8 Å². The predicted octanol–water partition coefficient (Wildman–Crippen LogP) is 3.69. The van der Waals surface area contributed by atoms with Gasteiger partial charge in [-0.05, 0) is 17.7 Å². The van der Waals surface area contributed by atoms with Crippen molar-refractivity contribution in [1.82, 2.24) is 9.78 Å². The fourth-order valence-corrected chi connectivity index (χ4v) is 2.30. The van der Waals surface area contributed by atoms with Crippen LogP contribution in [-0.4, -0.2) is 14.9 Å². The number of aliphatic hydroxyl groups is 1. The number of hydrogen-bond donors (Lipinski definition) is 1. The zero-order valence-corrected chi connectivity index (χ0v) is 11.5. The van der Waals surface area contributed by atoms with Gasteiger partial charge in [0.15, 0.2) is 0 Å². The summed E-state index contributed by atoms with van der Waals surface area (Å²) < 4.78 is 1.74. The smallest absolute Gasteiger partial charge is 0.0738 e. The first kappa shape index (κ1) is 12.9. The second kappa shape index (κ2) is 5.49. The summed E-state index contributed by atoms with van der Waals surface area (Å²) in [5.41, 5.74) is 3.80. The molecule has 0 amide bonds. The van der Waals surface area contributed by atoms with Crippen molar-refractivity contribution in [3.63, 3.8) is 0 Å². The Morgan fingerprint density at radius 2 is 1.90 bits per heavy atom. The van der Waals surface area contributed by atoms with Gasteiger partial charge in [0.1, 0.15) is 0 Å². The van der Waals surface area contributed by atoms with Crippen LogP contribution in [0.4, 0.5) is 0 Å². The Hall–Kier alpha value is -2.10. The monoisotopic (exact) mass is 284 g/mol. The van der Waals surface area contributed by atoms with Gasteiger partial charge < -0.3 is 5.11 Å². The minimum absolute atomic E-state index is 0.0266. The third-order valence-electron chi connectivity index (χ3n) is 3.11. The Labute approximate surface area is 122 Å². The van der Waals surface area contributed by atoms with E-state index in [2.05, 4.69) is 5.10 Å². The summed E-state index contributed by atoms with van der Waals surface area (Å²) in [6.07, 6.45) is 3.45. The minimum atomic E-state index is -0.0266. The van der Waals surface area contributed by atoms with Crippen molar-refractivity contribution < 1.29 is 5.11 Å². The number of rotatable bonds is 3. The van der Waals surface area contributed by atoms with Crippen molar-refractivity contribution in [2.24, 2.45) is 0 Å². The Morgan fingerprint density at radius 3 is 2.60 bits per heavy atom. The highest BCUT2D eigenvalue weighted by Gasteiger charge is 2.09. The van der Waals surface area contributed by atoms with E-state index in [1.54, 1.807) is 17.1 Å². The summed E-state index contributed by atoms with van der Waals surface area (Å²) >= 11 is 6.10. The summed E-state index contributed by atoms with van der Waals surface area (Å²) in [6, 6.07) is 15.8. The number of hydrogen-bond acceptors (Lipinski definition) is 2. The molecule has 0 unspecified atom stereocenters. The molecule has 0 atom stereocenters. The minimum Gasteiger partial charge on any atom is -0.392 e. The fraction of sp³-hybridized carbons (Fsp3) is 0.0625. The van der Waals surface area contributed by atoms with E-state index in [1.807, 2.05) is 48.5 Å². The molecule has 100 valence electrons. The van der Waals surface area contributed by atoms with E-state index in [0.29, 0.717) is 5.02 Å². The number of aliphatic hydroxyl groups excluding tert-OH is 1. The van der Waals surface area contributed by atoms with Crippen molar-refractivity contribution >= 4 is 11.6 Å². The van der Waals surface area contributed by atoms with E-state index in [0.717, 1.165) is 22.4 Å². The molecular formula is C16H13ClN2O. The van der Waals surface area contributed by atoms with E-state index in [1.165, 1.54) is 0 Å². The van der Waals surface area contributed by atoms with Crippen LogP contribution in [0.5, 0.6) is 0 Å². The molecule has 1 aromatic heterocycles. The van der Waals surface area contributed by atoms with Crippen LogP contribution in [0.15, 0.2) is 60.9 Å². The van der Waals surface area contributed by atoms with Crippen LogP contribution in [0.2, 0.25) is 5.02 Å². The van der Waals surface area contributed by atoms with Crippen molar-refractivity contribution in [1.29, 1.82) is 0 Å². The standard InChI is InChI=1S/C16H13ClN2O/c17-14-6-7-15(13-4-2-1-3-5-13)16(8-14)19-10-12(11-20)9-18-19/h1-10,20H,11H2. The lowest BCUT2D eigenvalue weighted by Crippen LogP contribution is -1.97. The lowest BCUT2D eigenvalue weighted by Gasteiger charge is -2.10. The molecule has 0 aliphatic heterocycles. The van der Waals surface area contributed by atoms with Gasteiger partial charge in [0.05, 0.1) is 18.5 Å². The van der Waals surface area contributed by atoms with Crippen LogP contribution in [0, 0.1) is 0 Å². The van der Waals surface area contributed by atoms with E-state index >= 15 is 0 Å². The molecule has 1 heterocycles. The van der Waals surface area contributed by atoms with Gasteiger partial charge in [-0.1, -0.05) is 48.0 Å². The quantitative estimate of drug-likeness (QED) is 0.797. The van der Waals surface area contributed by atoms with Crippen LogP contribution < -0.4 is 0 Å². The summed E-state index contributed by atoms with van der Waals surface area (Å²) in [7, 11) is 0. The van der Waals surface area contributed by atoms with Crippen molar-refractivity contribution in [2.75, 3.05) is 0 Å². The first-order valence-electron chi connectivity index (χ1n) is 6.27. The van der Waals surface area contributed by atoms with Crippen LogP contribution in [0.1, 0.15) is 5.56 Å². The summed E-state index contributed by atoms with van der Waals surface area (Å²) in [6.45, 7) is -0.0266. The molecule has 0 bridgehead atoms. The largest absolute Gasteiger partial charge is 0.392 e. The van der Waals surface area contributed by atoms with Crippen LogP contribution in [-0.2, 0) is 6.61 Å². The summed E-state index contributed by atoms with van der Waals surface area (Å²) in [4.78, 5) is 0. The number of nitrogens with zero attached hydrogens (tertiary/aromatic N) is 2. The maximum Gasteiger partial charge on any atom is 0.0738 e. The van der Waals surface area contributed by atoms with E-state index < -0.39 is 0 Å². The zero-order valence-electron chi connectivity index (χ0n) is 10.7. The summed E-state index contributed by atoms with van der Waals surface area (Å²) in [5.74, 6) is 0. The third kappa shape index (κ3) is 2.46. The Kier molecular flexibility index (Phi) is 3.54. The molecule has 3 rings (SSSR count). The predicted molar refractivity (Wildman–Crippen MR) is 79.9 cm³/mol. The van der Waals surface area contributed by atoms with Crippen LogP contribution >= 0.6 is 11.6 Å². The highest BCUT2D eigenvalue weighted by molar-refractivity contribution is 6.30. The molecule has 2 aromatic carbocycles. The normalized spacial score (nSPS) is 10.7. The molecule has 4 heteroatoms. The lowest BCUT2D eigenvalue weighted by atomic mass is 10.0. The molecule has 3 aromatic rings. The molecule has 3 nitrogen and oxygen atoms in total. The Morgan fingerprint density at radius 1 is 1.10 bits per heavy atom. The van der Waals surface area contributed by atoms with E-state index in [4.69, 9.17) is 16.7 Å². The van der Waals surface area contributed by atoms with Crippen molar-refractivity contribution in [2.45, 2.75) is 6.61 Å². The lowest BCUT2D eigenvalue weighted by molar-refractivity contribution is 0.282. The molecule has 0 saturated heterocycles. The second-order valence-corrected chi connectivity index (χ2v) is 4.92.